The van der Waals surface area contributed by atoms with Gasteiger partial charge in [0.15, 0.2) is 0 Å². The zero-order chi connectivity index (χ0) is 8.20. The van der Waals surface area contributed by atoms with Gasteiger partial charge >= 0.3 is 0 Å². The maximum atomic E-state index is 3.28. The van der Waals surface area contributed by atoms with Gasteiger partial charge in [0, 0.05) is 5.54 Å². The lowest BCUT2D eigenvalue weighted by Crippen LogP contribution is -2.36. The van der Waals surface area contributed by atoms with Gasteiger partial charge in [-0.3, -0.25) is 5.09 Å². The minimum absolute atomic E-state index is 0.318. The first-order valence-corrected chi connectivity index (χ1v) is 4.59. The Hall–Kier alpha value is 0.390. The standard InChI is InChI=1S/C8H20NP/c1-5-8(4,9-10)6-7(2)3/h7,9H,5-6,10H2,1-4H3/t8-/m1/s1. The van der Waals surface area contributed by atoms with E-state index >= 15 is 0 Å². The van der Waals surface area contributed by atoms with Crippen molar-refractivity contribution in [1.82, 2.24) is 5.09 Å². The summed E-state index contributed by atoms with van der Waals surface area (Å²) < 4.78 is 0. The summed E-state index contributed by atoms with van der Waals surface area (Å²) in [5, 5.41) is 3.28. The number of hydrogen-bond acceptors (Lipinski definition) is 1. The molecule has 2 heteroatoms. The van der Waals surface area contributed by atoms with Gasteiger partial charge in [0.25, 0.3) is 0 Å². The van der Waals surface area contributed by atoms with Gasteiger partial charge in [-0.1, -0.05) is 30.2 Å². The molecule has 0 spiro atoms. The lowest BCUT2D eigenvalue weighted by atomic mass is 9.90. The number of hydrogen-bond donors (Lipinski definition) is 1. The molecule has 0 radical (unpaired) electrons. The van der Waals surface area contributed by atoms with Crippen molar-refractivity contribution in [2.45, 2.75) is 46.1 Å². The Kier molecular flexibility index (Phi) is 4.47. The molecule has 0 aliphatic carbocycles. The Balaban J connectivity index is 3.80. The highest BCUT2D eigenvalue weighted by Gasteiger charge is 2.20. The van der Waals surface area contributed by atoms with E-state index in [-0.39, 0.29) is 0 Å². The summed E-state index contributed by atoms with van der Waals surface area (Å²) in [6, 6.07) is 0. The summed E-state index contributed by atoms with van der Waals surface area (Å²) in [7, 11) is 2.61. The van der Waals surface area contributed by atoms with E-state index in [2.05, 4.69) is 42.2 Å². The Labute approximate surface area is 67.2 Å². The molecular formula is C8H20NP. The molecule has 1 N–H and O–H groups in total. The summed E-state index contributed by atoms with van der Waals surface area (Å²) >= 11 is 0. The maximum Gasteiger partial charge on any atom is 0.0184 e. The SMILES string of the molecule is CC[C@](C)(CC(C)C)NP. The monoisotopic (exact) mass is 161 g/mol. The Morgan fingerprint density at radius 3 is 2.10 bits per heavy atom. The van der Waals surface area contributed by atoms with E-state index in [0.717, 1.165) is 5.92 Å². The van der Waals surface area contributed by atoms with Gasteiger partial charge in [0.05, 0.1) is 0 Å². The smallest absolute Gasteiger partial charge is 0.0184 e. The molecule has 0 aromatic heterocycles. The third-order valence-electron chi connectivity index (χ3n) is 1.99. The van der Waals surface area contributed by atoms with E-state index in [1.54, 1.807) is 0 Å². The van der Waals surface area contributed by atoms with E-state index < -0.39 is 0 Å². The third-order valence-corrected chi connectivity index (χ3v) is 2.68. The fraction of sp³-hybridized carbons (Fsp3) is 1.00. The molecule has 0 rings (SSSR count). The van der Waals surface area contributed by atoms with E-state index in [4.69, 9.17) is 0 Å². The minimum atomic E-state index is 0.318. The van der Waals surface area contributed by atoms with Crippen LogP contribution in [0.1, 0.15) is 40.5 Å². The zero-order valence-corrected chi connectivity index (χ0v) is 8.72. The molecule has 0 aliphatic heterocycles. The van der Waals surface area contributed by atoms with Crippen LogP contribution in [0.15, 0.2) is 0 Å². The minimum Gasteiger partial charge on any atom is -0.295 e. The van der Waals surface area contributed by atoms with Crippen LogP contribution in [-0.4, -0.2) is 5.54 Å². The fourth-order valence-corrected chi connectivity index (χ4v) is 1.53. The molecule has 0 saturated carbocycles. The molecule has 10 heavy (non-hydrogen) atoms. The van der Waals surface area contributed by atoms with Crippen molar-refractivity contribution < 1.29 is 0 Å². The molecule has 0 aromatic carbocycles. The average Bonchev–Trinajstić information content (AvgIpc) is 1.87. The third kappa shape index (κ3) is 3.53. The molecule has 1 nitrogen and oxygen atoms in total. The van der Waals surface area contributed by atoms with Crippen LogP contribution >= 0.6 is 9.39 Å². The van der Waals surface area contributed by atoms with Crippen LogP contribution in [0.2, 0.25) is 0 Å². The molecule has 0 aliphatic rings. The van der Waals surface area contributed by atoms with Gasteiger partial charge in [-0.15, -0.1) is 0 Å². The van der Waals surface area contributed by atoms with Crippen molar-refractivity contribution in [3.05, 3.63) is 0 Å². The zero-order valence-electron chi connectivity index (χ0n) is 7.57. The summed E-state index contributed by atoms with van der Waals surface area (Å²) in [4.78, 5) is 0. The van der Waals surface area contributed by atoms with Crippen LogP contribution in [0.3, 0.4) is 0 Å². The lowest BCUT2D eigenvalue weighted by molar-refractivity contribution is 0.335. The molecule has 0 heterocycles. The first-order valence-electron chi connectivity index (χ1n) is 4.02. The lowest BCUT2D eigenvalue weighted by Gasteiger charge is -2.29. The molecule has 0 amide bonds. The molecule has 0 saturated heterocycles. The molecule has 0 bridgehead atoms. The van der Waals surface area contributed by atoms with Gasteiger partial charge in [-0.25, -0.2) is 0 Å². The van der Waals surface area contributed by atoms with Crippen LogP contribution in [0.5, 0.6) is 0 Å². The van der Waals surface area contributed by atoms with Crippen LogP contribution < -0.4 is 5.09 Å². The predicted molar refractivity (Wildman–Crippen MR) is 51.0 cm³/mol. The summed E-state index contributed by atoms with van der Waals surface area (Å²) in [6.07, 6.45) is 2.43. The number of nitrogens with one attached hydrogen (secondary N) is 1. The van der Waals surface area contributed by atoms with Crippen LogP contribution in [0.4, 0.5) is 0 Å². The molecule has 2 atom stereocenters. The van der Waals surface area contributed by atoms with Crippen LogP contribution in [0.25, 0.3) is 0 Å². The van der Waals surface area contributed by atoms with Crippen LogP contribution in [0, 0.1) is 5.92 Å². The Morgan fingerprint density at radius 1 is 1.50 bits per heavy atom. The average molecular weight is 161 g/mol. The molecule has 0 aromatic rings. The van der Waals surface area contributed by atoms with Gasteiger partial charge in [-0.2, -0.15) is 0 Å². The summed E-state index contributed by atoms with van der Waals surface area (Å²) in [5.41, 5.74) is 0.318. The second-order valence-corrected chi connectivity index (χ2v) is 3.95. The highest BCUT2D eigenvalue weighted by Crippen LogP contribution is 2.20. The second kappa shape index (κ2) is 4.31. The largest absolute Gasteiger partial charge is 0.295 e. The maximum absolute atomic E-state index is 3.28. The van der Waals surface area contributed by atoms with Crippen LogP contribution in [-0.2, 0) is 0 Å². The normalized spacial score (nSPS) is 17.4. The fourth-order valence-electron chi connectivity index (χ4n) is 1.21. The van der Waals surface area contributed by atoms with E-state index in [0.29, 0.717) is 5.54 Å². The van der Waals surface area contributed by atoms with Crippen molar-refractivity contribution in [3.8, 4) is 0 Å². The van der Waals surface area contributed by atoms with Crippen molar-refractivity contribution in [1.29, 1.82) is 0 Å². The predicted octanol–water partition coefficient (Wildman–Crippen LogP) is 2.58. The van der Waals surface area contributed by atoms with E-state index in [1.807, 2.05) is 0 Å². The Bertz CT molecular complexity index is 87.3. The molecule has 62 valence electrons. The molecular weight excluding hydrogens is 141 g/mol. The Morgan fingerprint density at radius 2 is 2.00 bits per heavy atom. The van der Waals surface area contributed by atoms with Gasteiger partial charge < -0.3 is 0 Å². The van der Waals surface area contributed by atoms with Crippen molar-refractivity contribution in [3.63, 3.8) is 0 Å². The van der Waals surface area contributed by atoms with Gasteiger partial charge in [-0.05, 0) is 25.7 Å². The van der Waals surface area contributed by atoms with Gasteiger partial charge in [0.2, 0.25) is 0 Å². The van der Waals surface area contributed by atoms with E-state index in [9.17, 15) is 0 Å². The van der Waals surface area contributed by atoms with Gasteiger partial charge in [0.1, 0.15) is 0 Å². The van der Waals surface area contributed by atoms with Crippen molar-refractivity contribution >= 4 is 9.39 Å². The van der Waals surface area contributed by atoms with Crippen molar-refractivity contribution in [2.75, 3.05) is 0 Å². The first kappa shape index (κ1) is 10.4. The molecule has 1 unspecified atom stereocenters. The highest BCUT2D eigenvalue weighted by atomic mass is 31.0. The number of rotatable bonds is 4. The quantitative estimate of drug-likeness (QED) is 0.625. The molecule has 0 fully saturated rings. The summed E-state index contributed by atoms with van der Waals surface area (Å²) in [6.45, 7) is 9.01. The topological polar surface area (TPSA) is 12.0 Å². The highest BCUT2D eigenvalue weighted by molar-refractivity contribution is 7.13. The second-order valence-electron chi connectivity index (χ2n) is 3.66. The van der Waals surface area contributed by atoms with E-state index in [1.165, 1.54) is 12.8 Å². The first-order chi connectivity index (χ1) is 4.54. The summed E-state index contributed by atoms with van der Waals surface area (Å²) in [5.74, 6) is 0.776. The van der Waals surface area contributed by atoms with Crippen molar-refractivity contribution in [2.24, 2.45) is 5.92 Å².